The molecule has 0 saturated carbocycles. The third-order valence-corrected chi connectivity index (χ3v) is 4.83. The lowest BCUT2D eigenvalue weighted by atomic mass is 9.92. The minimum absolute atomic E-state index is 0.470. The van der Waals surface area contributed by atoms with Gasteiger partial charge >= 0.3 is 6.03 Å². The van der Waals surface area contributed by atoms with Gasteiger partial charge in [0.05, 0.1) is 20.4 Å². The van der Waals surface area contributed by atoms with E-state index in [1.54, 1.807) is 50.4 Å². The van der Waals surface area contributed by atoms with Crippen molar-refractivity contribution in [2.24, 2.45) is 5.10 Å². The molecule has 0 aromatic heterocycles. The first-order valence-electron chi connectivity index (χ1n) is 8.08. The summed E-state index contributed by atoms with van der Waals surface area (Å²) in [5.41, 5.74) is 0.0621. The molecule has 0 radical (unpaired) electrons. The SMILES string of the molecule is COc1ccc([C@@]2(C)NC(=O)N(/N=C\c3cc(Br)ccc3OC)C2=O)cc1. The number of amides is 3. The summed E-state index contributed by atoms with van der Waals surface area (Å²) in [5, 5.41) is 7.61. The molecule has 0 aliphatic carbocycles. The molecule has 0 spiro atoms. The van der Waals surface area contributed by atoms with Crippen molar-refractivity contribution in [1.82, 2.24) is 10.3 Å². The minimum atomic E-state index is -1.21. The summed E-state index contributed by atoms with van der Waals surface area (Å²) in [6, 6.07) is 11.7. The van der Waals surface area contributed by atoms with Crippen molar-refractivity contribution < 1.29 is 19.1 Å². The van der Waals surface area contributed by atoms with Crippen LogP contribution in [0.15, 0.2) is 52.0 Å². The molecule has 0 bridgehead atoms. The zero-order valence-corrected chi connectivity index (χ0v) is 16.6. The van der Waals surface area contributed by atoms with Gasteiger partial charge in [-0.15, -0.1) is 5.01 Å². The number of ether oxygens (including phenoxy) is 2. The minimum Gasteiger partial charge on any atom is -0.497 e. The zero-order chi connectivity index (χ0) is 19.6. The molecule has 1 aliphatic heterocycles. The Morgan fingerprint density at radius 3 is 2.44 bits per heavy atom. The fourth-order valence-corrected chi connectivity index (χ4v) is 3.15. The predicted molar refractivity (Wildman–Crippen MR) is 104 cm³/mol. The van der Waals surface area contributed by atoms with Gasteiger partial charge in [0.1, 0.15) is 17.0 Å². The number of imide groups is 1. The van der Waals surface area contributed by atoms with Crippen LogP contribution in [0.1, 0.15) is 18.1 Å². The first-order valence-corrected chi connectivity index (χ1v) is 8.87. The molecule has 2 aromatic carbocycles. The van der Waals surface area contributed by atoms with E-state index in [-0.39, 0.29) is 0 Å². The Bertz CT molecular complexity index is 914. The van der Waals surface area contributed by atoms with Crippen LogP contribution >= 0.6 is 15.9 Å². The summed E-state index contributed by atoms with van der Waals surface area (Å²) >= 11 is 3.38. The Hall–Kier alpha value is -2.87. The van der Waals surface area contributed by atoms with E-state index < -0.39 is 17.5 Å². The molecule has 1 fully saturated rings. The molecule has 3 rings (SSSR count). The van der Waals surface area contributed by atoms with Crippen LogP contribution in [-0.2, 0) is 10.3 Å². The standard InChI is InChI=1S/C19H18BrN3O4/c1-19(13-4-7-15(26-2)8-5-13)17(24)23(18(25)22-19)21-11-12-10-14(20)6-9-16(12)27-3/h4-11H,1-3H3,(H,22,25)/b21-11-/t19-/m1/s1. The second-order valence-corrected chi connectivity index (χ2v) is 6.95. The molecule has 1 atom stereocenters. The zero-order valence-electron chi connectivity index (χ0n) is 15.0. The van der Waals surface area contributed by atoms with Crippen molar-refractivity contribution in [1.29, 1.82) is 0 Å². The molecule has 140 valence electrons. The Labute approximate surface area is 165 Å². The van der Waals surface area contributed by atoms with Crippen LogP contribution in [0.3, 0.4) is 0 Å². The summed E-state index contributed by atoms with van der Waals surface area (Å²) < 4.78 is 11.2. The summed E-state index contributed by atoms with van der Waals surface area (Å²) in [5.74, 6) is 0.769. The Morgan fingerprint density at radius 2 is 1.81 bits per heavy atom. The molecule has 1 heterocycles. The Balaban J connectivity index is 1.89. The van der Waals surface area contributed by atoms with Gasteiger partial charge in [-0.1, -0.05) is 28.1 Å². The van der Waals surface area contributed by atoms with Gasteiger partial charge in [0.25, 0.3) is 5.91 Å². The number of nitrogens with one attached hydrogen (secondary N) is 1. The van der Waals surface area contributed by atoms with E-state index in [4.69, 9.17) is 9.47 Å². The highest BCUT2D eigenvalue weighted by Gasteiger charge is 2.49. The molecule has 3 amide bonds. The highest BCUT2D eigenvalue weighted by molar-refractivity contribution is 9.10. The number of carbonyl (C=O) groups excluding carboxylic acids is 2. The molecule has 1 aliphatic rings. The van der Waals surface area contributed by atoms with Crippen LogP contribution in [0.4, 0.5) is 4.79 Å². The van der Waals surface area contributed by atoms with Crippen molar-refractivity contribution in [2.75, 3.05) is 14.2 Å². The maximum absolute atomic E-state index is 12.9. The van der Waals surface area contributed by atoms with E-state index in [0.29, 0.717) is 22.6 Å². The van der Waals surface area contributed by atoms with Crippen molar-refractivity contribution in [2.45, 2.75) is 12.5 Å². The molecular formula is C19H18BrN3O4. The van der Waals surface area contributed by atoms with E-state index in [1.807, 2.05) is 6.07 Å². The number of urea groups is 1. The lowest BCUT2D eigenvalue weighted by Crippen LogP contribution is -2.40. The number of rotatable bonds is 5. The number of nitrogens with zero attached hydrogens (tertiary/aromatic N) is 2. The largest absolute Gasteiger partial charge is 0.497 e. The first kappa shape index (κ1) is 18.9. The predicted octanol–water partition coefficient (Wildman–Crippen LogP) is 3.27. The van der Waals surface area contributed by atoms with Crippen molar-refractivity contribution in [3.63, 3.8) is 0 Å². The highest BCUT2D eigenvalue weighted by atomic mass is 79.9. The van der Waals surface area contributed by atoms with Gasteiger partial charge in [-0.05, 0) is 42.8 Å². The molecule has 0 unspecified atom stereocenters. The van der Waals surface area contributed by atoms with Gasteiger partial charge in [-0.2, -0.15) is 5.10 Å². The summed E-state index contributed by atoms with van der Waals surface area (Å²) in [7, 11) is 3.10. The summed E-state index contributed by atoms with van der Waals surface area (Å²) in [6.07, 6.45) is 1.42. The van der Waals surface area contributed by atoms with Crippen LogP contribution in [0, 0.1) is 0 Å². The van der Waals surface area contributed by atoms with E-state index in [9.17, 15) is 9.59 Å². The second kappa shape index (κ2) is 7.40. The van der Waals surface area contributed by atoms with Gasteiger partial charge in [0.15, 0.2) is 0 Å². The molecule has 27 heavy (non-hydrogen) atoms. The van der Waals surface area contributed by atoms with Crippen molar-refractivity contribution in [3.05, 3.63) is 58.1 Å². The van der Waals surface area contributed by atoms with Gasteiger partial charge in [0.2, 0.25) is 0 Å². The van der Waals surface area contributed by atoms with Gasteiger partial charge in [-0.3, -0.25) is 4.79 Å². The number of benzene rings is 2. The molecule has 7 nitrogen and oxygen atoms in total. The van der Waals surface area contributed by atoms with E-state index in [0.717, 1.165) is 9.48 Å². The van der Waals surface area contributed by atoms with Gasteiger partial charge in [0, 0.05) is 10.0 Å². The maximum atomic E-state index is 12.9. The molecule has 1 saturated heterocycles. The van der Waals surface area contributed by atoms with E-state index in [1.165, 1.54) is 13.3 Å². The highest BCUT2D eigenvalue weighted by Crippen LogP contribution is 2.30. The average molecular weight is 432 g/mol. The quantitative estimate of drug-likeness (QED) is 0.581. The first-order chi connectivity index (χ1) is 12.9. The average Bonchev–Trinajstić information content (AvgIpc) is 2.89. The topological polar surface area (TPSA) is 80.2 Å². The third-order valence-electron chi connectivity index (χ3n) is 4.34. The van der Waals surface area contributed by atoms with Crippen LogP contribution in [-0.4, -0.2) is 37.4 Å². The van der Waals surface area contributed by atoms with Gasteiger partial charge in [-0.25, -0.2) is 4.79 Å². The fourth-order valence-electron chi connectivity index (χ4n) is 2.78. The van der Waals surface area contributed by atoms with E-state index >= 15 is 0 Å². The van der Waals surface area contributed by atoms with Gasteiger partial charge < -0.3 is 14.8 Å². The fraction of sp³-hybridized carbons (Fsp3) is 0.211. The van der Waals surface area contributed by atoms with Crippen molar-refractivity contribution >= 4 is 34.1 Å². The lowest BCUT2D eigenvalue weighted by Gasteiger charge is -2.21. The van der Waals surface area contributed by atoms with Crippen LogP contribution in [0.5, 0.6) is 11.5 Å². The third kappa shape index (κ3) is 3.52. The summed E-state index contributed by atoms with van der Waals surface area (Å²) in [4.78, 5) is 25.2. The Morgan fingerprint density at radius 1 is 1.11 bits per heavy atom. The van der Waals surface area contributed by atoms with Crippen LogP contribution in [0.25, 0.3) is 0 Å². The molecule has 8 heteroatoms. The van der Waals surface area contributed by atoms with Crippen LogP contribution in [0.2, 0.25) is 0 Å². The number of carbonyl (C=O) groups is 2. The number of methoxy groups -OCH3 is 2. The Kier molecular flexibility index (Phi) is 5.18. The molecule has 1 N–H and O–H groups in total. The normalized spacial score (nSPS) is 19.5. The molecule has 2 aromatic rings. The van der Waals surface area contributed by atoms with E-state index in [2.05, 4.69) is 26.3 Å². The number of hydrazone groups is 1. The smallest absolute Gasteiger partial charge is 0.346 e. The maximum Gasteiger partial charge on any atom is 0.346 e. The lowest BCUT2D eigenvalue weighted by molar-refractivity contribution is -0.131. The monoisotopic (exact) mass is 431 g/mol. The van der Waals surface area contributed by atoms with Crippen LogP contribution < -0.4 is 14.8 Å². The summed E-state index contributed by atoms with van der Waals surface area (Å²) in [6.45, 7) is 1.64. The number of halogens is 1. The molecular weight excluding hydrogens is 414 g/mol. The number of hydrogen-bond donors (Lipinski definition) is 1. The second-order valence-electron chi connectivity index (χ2n) is 6.03. The van der Waals surface area contributed by atoms with Crippen molar-refractivity contribution in [3.8, 4) is 11.5 Å². The number of hydrogen-bond acceptors (Lipinski definition) is 5.